The van der Waals surface area contributed by atoms with E-state index < -0.39 is 0 Å². The van der Waals surface area contributed by atoms with Crippen LogP contribution in [0.4, 0.5) is 0 Å². The average Bonchev–Trinajstić information content (AvgIpc) is 2.68. The Morgan fingerprint density at radius 1 is 1.56 bits per heavy atom. The Kier molecular flexibility index (Phi) is 3.94. The molecule has 2 aromatic heterocycles. The van der Waals surface area contributed by atoms with E-state index in [1.165, 1.54) is 0 Å². The molecular formula is C13H18N4O. The number of nitrogens with two attached hydrogens (primary N) is 1. The molecule has 18 heavy (non-hydrogen) atoms. The van der Waals surface area contributed by atoms with Crippen LogP contribution in [-0.2, 0) is 17.9 Å². The highest BCUT2D eigenvalue weighted by molar-refractivity contribution is 5.82. The van der Waals surface area contributed by atoms with E-state index >= 15 is 0 Å². The van der Waals surface area contributed by atoms with E-state index in [2.05, 4.69) is 17.2 Å². The number of hydrogen-bond donors (Lipinski definition) is 2. The van der Waals surface area contributed by atoms with Crippen molar-refractivity contribution in [3.8, 4) is 0 Å². The first-order chi connectivity index (χ1) is 8.72. The molecule has 0 saturated heterocycles. The Hall–Kier alpha value is -1.88. The molecule has 0 spiro atoms. The molecule has 0 bridgehead atoms. The Balaban J connectivity index is 2.31. The smallest absolute Gasteiger partial charge is 0.237 e. The maximum atomic E-state index is 11.0. The van der Waals surface area contributed by atoms with E-state index in [9.17, 15) is 4.79 Å². The van der Waals surface area contributed by atoms with Crippen LogP contribution < -0.4 is 11.1 Å². The van der Waals surface area contributed by atoms with Crippen molar-refractivity contribution in [2.45, 2.75) is 26.4 Å². The van der Waals surface area contributed by atoms with Crippen molar-refractivity contribution >= 4 is 16.9 Å². The van der Waals surface area contributed by atoms with Gasteiger partial charge in [0, 0.05) is 24.3 Å². The first-order valence-electron chi connectivity index (χ1n) is 6.14. The van der Waals surface area contributed by atoms with E-state index in [1.54, 1.807) is 10.8 Å². The van der Waals surface area contributed by atoms with Gasteiger partial charge in [-0.3, -0.25) is 4.79 Å². The maximum Gasteiger partial charge on any atom is 0.237 e. The Morgan fingerprint density at radius 3 is 3.11 bits per heavy atom. The van der Waals surface area contributed by atoms with E-state index in [4.69, 9.17) is 5.73 Å². The number of primary amides is 1. The predicted octanol–water partition coefficient (Wildman–Crippen LogP) is 1.02. The van der Waals surface area contributed by atoms with E-state index in [0.717, 1.165) is 36.1 Å². The first-order valence-corrected chi connectivity index (χ1v) is 6.14. The molecule has 0 radical (unpaired) electrons. The molecule has 0 atom stereocenters. The van der Waals surface area contributed by atoms with Crippen LogP contribution in [0.15, 0.2) is 24.5 Å². The SMILES string of the molecule is CCCNCc1cn(CC(N)=O)c2ncccc12. The topological polar surface area (TPSA) is 72.9 Å². The van der Waals surface area contributed by atoms with Crippen LogP contribution in [0.1, 0.15) is 18.9 Å². The second-order valence-electron chi connectivity index (χ2n) is 4.30. The van der Waals surface area contributed by atoms with Crippen LogP contribution in [-0.4, -0.2) is 22.0 Å². The molecule has 5 heteroatoms. The van der Waals surface area contributed by atoms with Crippen molar-refractivity contribution in [2.24, 2.45) is 5.73 Å². The molecule has 0 unspecified atom stereocenters. The Labute approximate surface area is 106 Å². The second-order valence-corrected chi connectivity index (χ2v) is 4.30. The predicted molar refractivity (Wildman–Crippen MR) is 70.9 cm³/mol. The molecule has 2 aromatic rings. The lowest BCUT2D eigenvalue weighted by atomic mass is 10.2. The summed E-state index contributed by atoms with van der Waals surface area (Å²) in [6.07, 6.45) is 4.77. The number of pyridine rings is 1. The molecule has 0 fully saturated rings. The summed E-state index contributed by atoms with van der Waals surface area (Å²) in [5.74, 6) is -0.356. The molecule has 0 aliphatic heterocycles. The van der Waals surface area contributed by atoms with Gasteiger partial charge in [-0.1, -0.05) is 6.92 Å². The van der Waals surface area contributed by atoms with Gasteiger partial charge in [0.2, 0.25) is 5.91 Å². The maximum absolute atomic E-state index is 11.0. The fourth-order valence-corrected chi connectivity index (χ4v) is 2.02. The summed E-state index contributed by atoms with van der Waals surface area (Å²) in [5, 5.41) is 4.42. The first kappa shape index (κ1) is 12.6. The van der Waals surface area contributed by atoms with Crippen molar-refractivity contribution in [1.29, 1.82) is 0 Å². The van der Waals surface area contributed by atoms with Gasteiger partial charge in [-0.25, -0.2) is 4.98 Å². The van der Waals surface area contributed by atoms with Gasteiger partial charge >= 0.3 is 0 Å². The highest BCUT2D eigenvalue weighted by Crippen LogP contribution is 2.19. The summed E-state index contributed by atoms with van der Waals surface area (Å²) in [7, 11) is 0. The number of nitrogens with zero attached hydrogens (tertiary/aromatic N) is 2. The zero-order chi connectivity index (χ0) is 13.0. The third-order valence-corrected chi connectivity index (χ3v) is 2.78. The largest absolute Gasteiger partial charge is 0.368 e. The highest BCUT2D eigenvalue weighted by atomic mass is 16.1. The lowest BCUT2D eigenvalue weighted by molar-refractivity contribution is -0.118. The number of amides is 1. The lowest BCUT2D eigenvalue weighted by Gasteiger charge is -2.00. The average molecular weight is 246 g/mol. The number of rotatable bonds is 6. The lowest BCUT2D eigenvalue weighted by Crippen LogP contribution is -2.18. The number of carbonyl (C=O) groups excluding carboxylic acids is 1. The van der Waals surface area contributed by atoms with Crippen LogP contribution in [0.2, 0.25) is 0 Å². The molecule has 0 saturated carbocycles. The second kappa shape index (κ2) is 5.64. The molecule has 2 rings (SSSR count). The van der Waals surface area contributed by atoms with Crippen molar-refractivity contribution < 1.29 is 4.79 Å². The summed E-state index contributed by atoms with van der Waals surface area (Å²) in [4.78, 5) is 15.4. The van der Waals surface area contributed by atoms with Crippen molar-refractivity contribution in [1.82, 2.24) is 14.9 Å². The van der Waals surface area contributed by atoms with Gasteiger partial charge in [0.15, 0.2) is 0 Å². The zero-order valence-electron chi connectivity index (χ0n) is 10.5. The molecule has 3 N–H and O–H groups in total. The third kappa shape index (κ3) is 2.68. The van der Waals surface area contributed by atoms with Crippen molar-refractivity contribution in [3.63, 3.8) is 0 Å². The van der Waals surface area contributed by atoms with Gasteiger partial charge in [-0.2, -0.15) is 0 Å². The minimum absolute atomic E-state index is 0.168. The van der Waals surface area contributed by atoms with E-state index in [-0.39, 0.29) is 12.5 Å². The molecular weight excluding hydrogens is 228 g/mol. The normalized spacial score (nSPS) is 10.9. The molecule has 96 valence electrons. The molecule has 0 aliphatic carbocycles. The van der Waals surface area contributed by atoms with Gasteiger partial charge in [-0.05, 0) is 30.7 Å². The summed E-state index contributed by atoms with van der Waals surface area (Å²) in [6.45, 7) is 4.05. The van der Waals surface area contributed by atoms with Gasteiger partial charge in [0.05, 0.1) is 0 Å². The summed E-state index contributed by atoms with van der Waals surface area (Å²) >= 11 is 0. The number of nitrogens with one attached hydrogen (secondary N) is 1. The minimum Gasteiger partial charge on any atom is -0.368 e. The third-order valence-electron chi connectivity index (χ3n) is 2.78. The van der Waals surface area contributed by atoms with E-state index in [1.807, 2.05) is 18.3 Å². The van der Waals surface area contributed by atoms with Gasteiger partial charge in [0.25, 0.3) is 0 Å². The standard InChI is InChI=1S/C13H18N4O/c1-2-5-15-7-10-8-17(9-12(14)18)13-11(10)4-3-6-16-13/h3-4,6,8,15H,2,5,7,9H2,1H3,(H2,14,18). The summed E-state index contributed by atoms with van der Waals surface area (Å²) < 4.78 is 1.81. The minimum atomic E-state index is -0.356. The summed E-state index contributed by atoms with van der Waals surface area (Å²) in [6, 6.07) is 3.92. The van der Waals surface area contributed by atoms with Crippen molar-refractivity contribution in [3.05, 3.63) is 30.1 Å². The quantitative estimate of drug-likeness (QED) is 0.747. The Bertz CT molecular complexity index is 547. The van der Waals surface area contributed by atoms with Gasteiger partial charge < -0.3 is 15.6 Å². The van der Waals surface area contributed by atoms with Crippen LogP contribution in [0.3, 0.4) is 0 Å². The van der Waals surface area contributed by atoms with Crippen LogP contribution in [0, 0.1) is 0 Å². The number of aromatic nitrogens is 2. The van der Waals surface area contributed by atoms with Gasteiger partial charge in [0.1, 0.15) is 12.2 Å². The van der Waals surface area contributed by atoms with Crippen LogP contribution >= 0.6 is 0 Å². The molecule has 1 amide bonds. The number of hydrogen-bond acceptors (Lipinski definition) is 3. The fraction of sp³-hybridized carbons (Fsp3) is 0.385. The molecule has 5 nitrogen and oxygen atoms in total. The van der Waals surface area contributed by atoms with Gasteiger partial charge in [-0.15, -0.1) is 0 Å². The zero-order valence-corrected chi connectivity index (χ0v) is 10.5. The fourth-order valence-electron chi connectivity index (χ4n) is 2.02. The monoisotopic (exact) mass is 246 g/mol. The number of carbonyl (C=O) groups is 1. The molecule has 2 heterocycles. The van der Waals surface area contributed by atoms with Crippen LogP contribution in [0.25, 0.3) is 11.0 Å². The highest BCUT2D eigenvalue weighted by Gasteiger charge is 2.10. The molecule has 0 aromatic carbocycles. The molecule has 0 aliphatic rings. The summed E-state index contributed by atoms with van der Waals surface area (Å²) in [5.41, 5.74) is 7.20. The van der Waals surface area contributed by atoms with Crippen molar-refractivity contribution in [2.75, 3.05) is 6.54 Å². The van der Waals surface area contributed by atoms with Crippen LogP contribution in [0.5, 0.6) is 0 Å². The Morgan fingerprint density at radius 2 is 2.39 bits per heavy atom. The number of fused-ring (bicyclic) bond motifs is 1. The van der Waals surface area contributed by atoms with E-state index in [0.29, 0.717) is 0 Å².